The summed E-state index contributed by atoms with van der Waals surface area (Å²) in [4.78, 5) is 14.3. The number of pyridine rings is 1. The van der Waals surface area contributed by atoms with Crippen LogP contribution in [0.5, 0.6) is 0 Å². The van der Waals surface area contributed by atoms with Gasteiger partial charge < -0.3 is 4.98 Å². The molecule has 0 saturated heterocycles. The second-order valence-electron chi connectivity index (χ2n) is 4.74. The molecule has 3 rings (SSSR count). The Morgan fingerprint density at radius 1 is 1.26 bits per heavy atom. The second-order valence-corrected chi connectivity index (χ2v) is 5.18. The molecule has 1 heterocycles. The van der Waals surface area contributed by atoms with Crippen molar-refractivity contribution in [3.63, 3.8) is 0 Å². The summed E-state index contributed by atoms with van der Waals surface area (Å²) in [5, 5.41) is 9.77. The lowest BCUT2D eigenvalue weighted by Crippen LogP contribution is -2.06. The highest BCUT2D eigenvalue weighted by atomic mass is 35.5. The van der Waals surface area contributed by atoms with E-state index in [1.54, 1.807) is 30.5 Å². The van der Waals surface area contributed by atoms with Crippen LogP contribution in [0.3, 0.4) is 0 Å². The van der Waals surface area contributed by atoms with Gasteiger partial charge in [0.15, 0.2) is 0 Å². The lowest BCUT2D eigenvalue weighted by Gasteiger charge is -2.10. The molecule has 3 nitrogen and oxygen atoms in total. The first-order valence-electron chi connectivity index (χ1n) is 6.11. The molecule has 1 aromatic heterocycles. The number of halogens is 1. The third kappa shape index (κ3) is 2.27. The number of rotatable bonds is 2. The van der Waals surface area contributed by atoms with Crippen LogP contribution in [0.2, 0.25) is 5.02 Å². The first-order chi connectivity index (χ1) is 9.19. The fourth-order valence-corrected chi connectivity index (χ4v) is 2.46. The Kier molecular flexibility index (Phi) is 2.88. The molecule has 94 valence electrons. The maximum absolute atomic E-state index is 11.6. The van der Waals surface area contributed by atoms with Gasteiger partial charge in [-0.3, -0.25) is 4.79 Å². The Morgan fingerprint density at radius 2 is 2.05 bits per heavy atom. The molecule has 0 unspecified atom stereocenters. The van der Waals surface area contributed by atoms with Gasteiger partial charge in [-0.1, -0.05) is 11.6 Å². The average Bonchev–Trinajstić information content (AvgIpc) is 3.23. The Labute approximate surface area is 115 Å². The van der Waals surface area contributed by atoms with Crippen molar-refractivity contribution in [2.75, 3.05) is 0 Å². The molecule has 0 radical (unpaired) electrons. The van der Waals surface area contributed by atoms with Gasteiger partial charge >= 0.3 is 0 Å². The molecule has 0 bridgehead atoms. The first kappa shape index (κ1) is 12.0. The Morgan fingerprint density at radius 3 is 2.74 bits per heavy atom. The summed E-state index contributed by atoms with van der Waals surface area (Å²) in [6.45, 7) is 0. The van der Waals surface area contributed by atoms with Gasteiger partial charge in [0, 0.05) is 22.8 Å². The fraction of sp³-hybridized carbons (Fsp3) is 0.200. The van der Waals surface area contributed by atoms with Crippen LogP contribution in [0, 0.1) is 11.3 Å². The Bertz CT molecular complexity index is 739. The number of aromatic nitrogens is 1. The summed E-state index contributed by atoms with van der Waals surface area (Å²) < 4.78 is 0. The minimum Gasteiger partial charge on any atom is -0.329 e. The number of nitriles is 1. The summed E-state index contributed by atoms with van der Waals surface area (Å²) in [5.41, 5.74) is 3.03. The van der Waals surface area contributed by atoms with E-state index in [1.165, 1.54) is 0 Å². The lowest BCUT2D eigenvalue weighted by molar-refractivity contribution is 1.08. The summed E-state index contributed by atoms with van der Waals surface area (Å²) in [5.74, 6) is 0.484. The topological polar surface area (TPSA) is 56.6 Å². The van der Waals surface area contributed by atoms with Gasteiger partial charge in [0.2, 0.25) is 5.56 Å². The van der Waals surface area contributed by atoms with Crippen LogP contribution in [-0.2, 0) is 0 Å². The zero-order chi connectivity index (χ0) is 13.4. The van der Waals surface area contributed by atoms with Crippen LogP contribution in [0.15, 0.2) is 35.3 Å². The third-order valence-corrected chi connectivity index (χ3v) is 3.60. The van der Waals surface area contributed by atoms with Crippen molar-refractivity contribution >= 4 is 11.6 Å². The van der Waals surface area contributed by atoms with E-state index in [0.717, 1.165) is 29.5 Å². The standard InChI is InChI=1S/C15H11ClN2O/c16-11-4-3-10(7-17)12(5-11)13-6-15(19)18-8-14(13)9-1-2-9/h3-6,8-9H,1-2H2,(H,18,19). The molecule has 1 fully saturated rings. The molecule has 0 spiro atoms. The van der Waals surface area contributed by atoms with Gasteiger partial charge in [-0.05, 0) is 48.1 Å². The number of hydrogen-bond acceptors (Lipinski definition) is 2. The molecule has 19 heavy (non-hydrogen) atoms. The largest absolute Gasteiger partial charge is 0.329 e. The van der Waals surface area contributed by atoms with Gasteiger partial charge in [0.25, 0.3) is 0 Å². The summed E-state index contributed by atoms with van der Waals surface area (Å²) in [6, 6.07) is 8.84. The molecule has 0 atom stereocenters. The van der Waals surface area contributed by atoms with E-state index in [1.807, 2.05) is 0 Å². The molecule has 2 aromatic rings. The maximum Gasteiger partial charge on any atom is 0.248 e. The molecule has 1 aromatic carbocycles. The lowest BCUT2D eigenvalue weighted by atomic mass is 9.95. The molecule has 1 aliphatic carbocycles. The Hall–Kier alpha value is -2.05. The average molecular weight is 271 g/mol. The third-order valence-electron chi connectivity index (χ3n) is 3.37. The van der Waals surface area contributed by atoms with Crippen molar-refractivity contribution in [3.05, 3.63) is 57.0 Å². The molecule has 1 saturated carbocycles. The van der Waals surface area contributed by atoms with E-state index >= 15 is 0 Å². The second kappa shape index (κ2) is 4.56. The summed E-state index contributed by atoms with van der Waals surface area (Å²) in [6.07, 6.45) is 4.01. The predicted octanol–water partition coefficient (Wildman–Crippen LogP) is 3.44. The van der Waals surface area contributed by atoms with Gasteiger partial charge in [0.1, 0.15) is 0 Å². The highest BCUT2D eigenvalue weighted by molar-refractivity contribution is 6.30. The van der Waals surface area contributed by atoms with Crippen molar-refractivity contribution in [2.24, 2.45) is 0 Å². The molecule has 1 aliphatic rings. The highest BCUT2D eigenvalue weighted by Crippen LogP contribution is 2.44. The van der Waals surface area contributed by atoms with Crippen molar-refractivity contribution in [1.29, 1.82) is 5.26 Å². The van der Waals surface area contributed by atoms with E-state index in [4.69, 9.17) is 11.6 Å². The molecule has 0 amide bonds. The van der Waals surface area contributed by atoms with Gasteiger partial charge in [-0.2, -0.15) is 5.26 Å². The van der Waals surface area contributed by atoms with Crippen molar-refractivity contribution < 1.29 is 0 Å². The van der Waals surface area contributed by atoms with Crippen molar-refractivity contribution in [1.82, 2.24) is 4.98 Å². The zero-order valence-corrected chi connectivity index (χ0v) is 10.9. The van der Waals surface area contributed by atoms with Gasteiger partial charge in [0.05, 0.1) is 11.6 Å². The minimum atomic E-state index is -0.164. The summed E-state index contributed by atoms with van der Waals surface area (Å²) >= 11 is 6.02. The van der Waals surface area contributed by atoms with E-state index in [9.17, 15) is 10.1 Å². The first-order valence-corrected chi connectivity index (χ1v) is 6.49. The number of hydrogen-bond donors (Lipinski definition) is 1. The van der Waals surface area contributed by atoms with E-state index in [0.29, 0.717) is 16.5 Å². The van der Waals surface area contributed by atoms with Crippen LogP contribution in [-0.4, -0.2) is 4.98 Å². The van der Waals surface area contributed by atoms with Gasteiger partial charge in [-0.15, -0.1) is 0 Å². The SMILES string of the molecule is N#Cc1ccc(Cl)cc1-c1cc(=O)[nH]cc1C1CC1. The van der Waals surface area contributed by atoms with Crippen LogP contribution >= 0.6 is 11.6 Å². The number of nitrogens with one attached hydrogen (secondary N) is 1. The quantitative estimate of drug-likeness (QED) is 0.909. The Balaban J connectivity index is 2.27. The molecule has 4 heteroatoms. The normalized spacial score (nSPS) is 14.1. The summed E-state index contributed by atoms with van der Waals surface area (Å²) in [7, 11) is 0. The smallest absolute Gasteiger partial charge is 0.248 e. The zero-order valence-electron chi connectivity index (χ0n) is 10.1. The minimum absolute atomic E-state index is 0.164. The van der Waals surface area contributed by atoms with Gasteiger partial charge in [-0.25, -0.2) is 0 Å². The van der Waals surface area contributed by atoms with Crippen molar-refractivity contribution in [2.45, 2.75) is 18.8 Å². The van der Waals surface area contributed by atoms with E-state index in [2.05, 4.69) is 11.1 Å². The molecular formula is C15H11ClN2O. The number of H-pyrrole nitrogens is 1. The maximum atomic E-state index is 11.6. The van der Waals surface area contributed by atoms with Crippen LogP contribution in [0.1, 0.15) is 29.9 Å². The molecule has 0 aliphatic heterocycles. The van der Waals surface area contributed by atoms with E-state index < -0.39 is 0 Å². The number of benzene rings is 1. The molecular weight excluding hydrogens is 260 g/mol. The highest BCUT2D eigenvalue weighted by Gasteiger charge is 2.27. The van der Waals surface area contributed by atoms with Crippen LogP contribution in [0.4, 0.5) is 0 Å². The molecule has 1 N–H and O–H groups in total. The monoisotopic (exact) mass is 270 g/mol. The van der Waals surface area contributed by atoms with Crippen LogP contribution in [0.25, 0.3) is 11.1 Å². The van der Waals surface area contributed by atoms with Crippen molar-refractivity contribution in [3.8, 4) is 17.2 Å². The predicted molar refractivity (Wildman–Crippen MR) is 74.2 cm³/mol. The van der Waals surface area contributed by atoms with Crippen LogP contribution < -0.4 is 5.56 Å². The fourth-order valence-electron chi connectivity index (χ4n) is 2.28. The van der Waals surface area contributed by atoms with E-state index in [-0.39, 0.29) is 5.56 Å². The number of nitrogens with zero attached hydrogens (tertiary/aromatic N) is 1. The number of aromatic amines is 1.